The summed E-state index contributed by atoms with van der Waals surface area (Å²) in [5.74, 6) is 0. The third kappa shape index (κ3) is 2.17. The minimum absolute atomic E-state index is 0.123. The standard InChI is InChI=1S/C9H19FN2/c1-9(2,3)12-5-4-7(10)8(11)6-12/h7-8H,4-6,11H2,1-3H3/t7-,8+/m0/s1. The summed E-state index contributed by atoms with van der Waals surface area (Å²) in [5.41, 5.74) is 5.77. The van der Waals surface area contributed by atoms with E-state index in [0.29, 0.717) is 13.0 Å². The Hall–Kier alpha value is -0.150. The van der Waals surface area contributed by atoms with Gasteiger partial charge in [-0.1, -0.05) is 0 Å². The van der Waals surface area contributed by atoms with Crippen molar-refractivity contribution in [3.63, 3.8) is 0 Å². The number of likely N-dealkylation sites (tertiary alicyclic amines) is 1. The summed E-state index contributed by atoms with van der Waals surface area (Å²) in [7, 11) is 0. The minimum Gasteiger partial charge on any atom is -0.324 e. The highest BCUT2D eigenvalue weighted by atomic mass is 19.1. The van der Waals surface area contributed by atoms with Gasteiger partial charge in [0, 0.05) is 24.7 Å². The third-order valence-electron chi connectivity index (χ3n) is 2.52. The first-order valence-corrected chi connectivity index (χ1v) is 4.56. The maximum atomic E-state index is 13.0. The Balaban J connectivity index is 2.51. The fourth-order valence-corrected chi connectivity index (χ4v) is 1.56. The Labute approximate surface area is 73.9 Å². The predicted octanol–water partition coefficient (Wildman–Crippen LogP) is 1.16. The minimum atomic E-state index is -0.802. The average molecular weight is 174 g/mol. The fourth-order valence-electron chi connectivity index (χ4n) is 1.56. The molecule has 0 aromatic rings. The molecule has 12 heavy (non-hydrogen) atoms. The first-order valence-electron chi connectivity index (χ1n) is 4.56. The number of halogens is 1. The Kier molecular flexibility index (Phi) is 2.74. The van der Waals surface area contributed by atoms with Crippen LogP contribution in [0.1, 0.15) is 27.2 Å². The summed E-state index contributed by atoms with van der Waals surface area (Å²) in [4.78, 5) is 2.24. The molecule has 1 aliphatic rings. The third-order valence-corrected chi connectivity index (χ3v) is 2.52. The van der Waals surface area contributed by atoms with Crippen molar-refractivity contribution in [3.05, 3.63) is 0 Å². The second-order valence-electron chi connectivity index (χ2n) is 4.59. The van der Waals surface area contributed by atoms with Gasteiger partial charge in [-0.2, -0.15) is 0 Å². The van der Waals surface area contributed by atoms with Gasteiger partial charge < -0.3 is 5.73 Å². The van der Waals surface area contributed by atoms with Crippen molar-refractivity contribution >= 4 is 0 Å². The summed E-state index contributed by atoms with van der Waals surface area (Å²) in [5, 5.41) is 0. The lowest BCUT2D eigenvalue weighted by atomic mass is 9.97. The van der Waals surface area contributed by atoms with Gasteiger partial charge in [0.1, 0.15) is 6.17 Å². The summed E-state index contributed by atoms with van der Waals surface area (Å²) in [6.45, 7) is 7.93. The molecule has 1 heterocycles. The molecule has 1 fully saturated rings. The molecule has 2 N–H and O–H groups in total. The molecule has 0 spiro atoms. The van der Waals surface area contributed by atoms with Gasteiger partial charge in [0.05, 0.1) is 0 Å². The smallest absolute Gasteiger partial charge is 0.118 e. The van der Waals surface area contributed by atoms with Gasteiger partial charge in [-0.25, -0.2) is 4.39 Å². The zero-order valence-electron chi connectivity index (χ0n) is 8.18. The summed E-state index contributed by atoms with van der Waals surface area (Å²) < 4.78 is 13.0. The number of nitrogens with two attached hydrogens (primary N) is 1. The largest absolute Gasteiger partial charge is 0.324 e. The highest BCUT2D eigenvalue weighted by Crippen LogP contribution is 2.20. The topological polar surface area (TPSA) is 29.3 Å². The van der Waals surface area contributed by atoms with Crippen molar-refractivity contribution in [3.8, 4) is 0 Å². The molecular formula is C9H19FN2. The van der Waals surface area contributed by atoms with E-state index in [1.807, 2.05) is 0 Å². The highest BCUT2D eigenvalue weighted by molar-refractivity contribution is 4.88. The van der Waals surface area contributed by atoms with Crippen LogP contribution in [0.15, 0.2) is 0 Å². The molecule has 1 rings (SSSR count). The number of hydrogen-bond acceptors (Lipinski definition) is 2. The molecule has 0 aromatic carbocycles. The van der Waals surface area contributed by atoms with E-state index < -0.39 is 6.17 Å². The van der Waals surface area contributed by atoms with Gasteiger partial charge in [0.25, 0.3) is 0 Å². The summed E-state index contributed by atoms with van der Waals surface area (Å²) >= 11 is 0. The molecule has 0 aliphatic carbocycles. The van der Waals surface area contributed by atoms with Crippen molar-refractivity contribution in [2.24, 2.45) is 5.73 Å². The molecule has 0 amide bonds. The Bertz CT molecular complexity index is 153. The van der Waals surface area contributed by atoms with Crippen LogP contribution >= 0.6 is 0 Å². The molecule has 2 nitrogen and oxygen atoms in total. The molecule has 0 aromatic heterocycles. The van der Waals surface area contributed by atoms with Crippen molar-refractivity contribution in [1.82, 2.24) is 4.90 Å². The maximum Gasteiger partial charge on any atom is 0.118 e. The molecule has 0 unspecified atom stereocenters. The van der Waals surface area contributed by atoms with Gasteiger partial charge in [0.15, 0.2) is 0 Å². The number of rotatable bonds is 0. The van der Waals surface area contributed by atoms with Crippen LogP contribution < -0.4 is 5.73 Å². The van der Waals surface area contributed by atoms with E-state index in [2.05, 4.69) is 25.7 Å². The van der Waals surface area contributed by atoms with Crippen LogP contribution in [-0.4, -0.2) is 35.7 Å². The van der Waals surface area contributed by atoms with Crippen LogP contribution in [0.4, 0.5) is 4.39 Å². The van der Waals surface area contributed by atoms with Gasteiger partial charge in [-0.15, -0.1) is 0 Å². The van der Waals surface area contributed by atoms with Gasteiger partial charge in [-0.3, -0.25) is 4.90 Å². The number of piperidine rings is 1. The lowest BCUT2D eigenvalue weighted by Gasteiger charge is -2.41. The monoisotopic (exact) mass is 174 g/mol. The first-order chi connectivity index (χ1) is 5.41. The van der Waals surface area contributed by atoms with Crippen molar-refractivity contribution in [2.75, 3.05) is 13.1 Å². The van der Waals surface area contributed by atoms with Gasteiger partial charge in [0.2, 0.25) is 0 Å². The molecule has 72 valence electrons. The Morgan fingerprint density at radius 2 is 2.00 bits per heavy atom. The van der Waals surface area contributed by atoms with Gasteiger partial charge in [-0.05, 0) is 27.2 Å². The number of nitrogens with zero attached hydrogens (tertiary/aromatic N) is 1. The molecular weight excluding hydrogens is 155 g/mol. The molecule has 3 heteroatoms. The van der Waals surface area contributed by atoms with Crippen molar-refractivity contribution in [1.29, 1.82) is 0 Å². The van der Waals surface area contributed by atoms with Crippen LogP contribution in [0.2, 0.25) is 0 Å². The zero-order valence-corrected chi connectivity index (χ0v) is 8.18. The van der Waals surface area contributed by atoms with Crippen LogP contribution in [0.5, 0.6) is 0 Å². The van der Waals surface area contributed by atoms with E-state index >= 15 is 0 Å². The van der Waals surface area contributed by atoms with E-state index in [4.69, 9.17) is 5.73 Å². The Morgan fingerprint density at radius 3 is 2.42 bits per heavy atom. The molecule has 0 radical (unpaired) electrons. The molecule has 1 saturated heterocycles. The first kappa shape index (κ1) is 9.93. The molecule has 0 bridgehead atoms. The molecule has 0 saturated carbocycles. The number of alkyl halides is 1. The quantitative estimate of drug-likeness (QED) is 0.597. The van der Waals surface area contributed by atoms with Crippen molar-refractivity contribution < 1.29 is 4.39 Å². The normalized spacial score (nSPS) is 33.8. The average Bonchev–Trinajstić information content (AvgIpc) is 1.92. The SMILES string of the molecule is CC(C)(C)N1CC[C@H](F)[C@H](N)C1. The van der Waals surface area contributed by atoms with E-state index in [-0.39, 0.29) is 11.6 Å². The van der Waals surface area contributed by atoms with E-state index in [1.165, 1.54) is 0 Å². The summed E-state index contributed by atoms with van der Waals surface area (Å²) in [6.07, 6.45) is -0.220. The predicted molar refractivity (Wildman–Crippen MR) is 48.8 cm³/mol. The van der Waals surface area contributed by atoms with E-state index in [1.54, 1.807) is 0 Å². The number of hydrogen-bond donors (Lipinski definition) is 1. The Morgan fingerprint density at radius 1 is 1.42 bits per heavy atom. The second-order valence-corrected chi connectivity index (χ2v) is 4.59. The molecule has 2 atom stereocenters. The van der Waals surface area contributed by atoms with Crippen LogP contribution in [0.25, 0.3) is 0 Å². The van der Waals surface area contributed by atoms with Gasteiger partial charge >= 0.3 is 0 Å². The second kappa shape index (κ2) is 3.30. The van der Waals surface area contributed by atoms with Crippen LogP contribution in [-0.2, 0) is 0 Å². The lowest BCUT2D eigenvalue weighted by molar-refractivity contribution is 0.0593. The molecule has 1 aliphatic heterocycles. The summed E-state index contributed by atoms with van der Waals surface area (Å²) in [6, 6.07) is -0.294. The zero-order chi connectivity index (χ0) is 9.35. The van der Waals surface area contributed by atoms with Crippen LogP contribution in [0, 0.1) is 0 Å². The maximum absolute atomic E-state index is 13.0. The van der Waals surface area contributed by atoms with E-state index in [0.717, 1.165) is 6.54 Å². The lowest BCUT2D eigenvalue weighted by Crippen LogP contribution is -2.55. The highest BCUT2D eigenvalue weighted by Gasteiger charge is 2.31. The van der Waals surface area contributed by atoms with Crippen LogP contribution in [0.3, 0.4) is 0 Å². The van der Waals surface area contributed by atoms with E-state index in [9.17, 15) is 4.39 Å². The fraction of sp³-hybridized carbons (Fsp3) is 1.00. The van der Waals surface area contributed by atoms with Crippen molar-refractivity contribution in [2.45, 2.75) is 44.9 Å².